The molecule has 0 atom stereocenters. The van der Waals surface area contributed by atoms with Gasteiger partial charge < -0.3 is 35.7 Å². The molecule has 0 unspecified atom stereocenters. The van der Waals surface area contributed by atoms with E-state index in [0.717, 1.165) is 0 Å². The predicted octanol–water partition coefficient (Wildman–Crippen LogP) is -2.48. The van der Waals surface area contributed by atoms with Gasteiger partial charge in [-0.25, -0.2) is 4.79 Å². The minimum absolute atomic E-state index is 0.611. The van der Waals surface area contributed by atoms with Gasteiger partial charge in [-0.05, 0) is 0 Å². The maximum atomic E-state index is 10.3. The fourth-order valence-corrected chi connectivity index (χ4v) is 0.870. The van der Waals surface area contributed by atoms with Crippen LogP contribution in [0.25, 0.3) is 0 Å². The smallest absolute Gasteiger partial charge is 0.336 e. The van der Waals surface area contributed by atoms with Crippen LogP contribution in [0.1, 0.15) is 19.3 Å². The largest absolute Gasteiger partial charge is 0.481 e. The fraction of sp³-hybridized carbons (Fsp3) is 0.556. The summed E-state index contributed by atoms with van der Waals surface area (Å²) in [5.41, 5.74) is -2.74. The maximum absolute atomic E-state index is 10.3. The zero-order chi connectivity index (χ0) is 16.5. The second-order valence-corrected chi connectivity index (χ2v) is 3.56. The number of hydrogen-bond donors (Lipinski definition) is 7. The highest BCUT2D eigenvalue weighted by Gasteiger charge is 2.40. The van der Waals surface area contributed by atoms with Gasteiger partial charge in [-0.3, -0.25) is 14.4 Å². The van der Waals surface area contributed by atoms with Gasteiger partial charge in [-0.1, -0.05) is 0 Å². The van der Waals surface area contributed by atoms with Crippen molar-refractivity contribution in [3.8, 4) is 0 Å². The molecular weight excluding hydrogens is 284 g/mol. The fourth-order valence-electron chi connectivity index (χ4n) is 0.870. The first kappa shape index (κ1) is 20.1. The Balaban J connectivity index is 0. The van der Waals surface area contributed by atoms with Gasteiger partial charge >= 0.3 is 23.9 Å². The first-order chi connectivity index (χ1) is 8.90. The number of aliphatic hydroxyl groups excluding tert-OH is 1. The Morgan fingerprint density at radius 3 is 1.25 bits per heavy atom. The zero-order valence-corrected chi connectivity index (χ0v) is 9.96. The highest BCUT2D eigenvalue weighted by molar-refractivity contribution is 5.88. The van der Waals surface area contributed by atoms with Crippen LogP contribution < -0.4 is 0 Å². The van der Waals surface area contributed by atoms with Crippen LogP contribution in [0.2, 0.25) is 0 Å². The second-order valence-electron chi connectivity index (χ2n) is 3.56. The highest BCUT2D eigenvalue weighted by atomic mass is 16.5. The predicted molar refractivity (Wildman–Crippen MR) is 57.6 cm³/mol. The maximum Gasteiger partial charge on any atom is 0.336 e. The lowest BCUT2D eigenvalue weighted by atomic mass is 9.96. The van der Waals surface area contributed by atoms with Crippen LogP contribution in [-0.4, -0.2) is 71.5 Å². The van der Waals surface area contributed by atoms with Gasteiger partial charge in [0.1, 0.15) is 0 Å². The van der Waals surface area contributed by atoms with E-state index in [-0.39, 0.29) is 0 Å². The summed E-state index contributed by atoms with van der Waals surface area (Å²) < 4.78 is 0. The molecule has 11 heteroatoms. The van der Waals surface area contributed by atoms with Crippen molar-refractivity contribution in [3.05, 3.63) is 0 Å². The first-order valence-corrected chi connectivity index (χ1v) is 4.88. The minimum atomic E-state index is -2.74. The molecule has 116 valence electrons. The standard InChI is InChI=1S/C6H8O7.C3H6O4/c7-3(8)1-6(13,5(11)12)2-4(9)10;4-2(5)1-3(6)7/h13H,1-2H2,(H,7,8)(H,9,10)(H,11,12);2,4-5H,1H2,(H,6,7). The number of carboxylic acid groups (broad SMARTS) is 4. The van der Waals surface area contributed by atoms with Crippen molar-refractivity contribution in [2.75, 3.05) is 0 Å². The lowest BCUT2D eigenvalue weighted by molar-refractivity contribution is -0.170. The number of carbonyl (C=O) groups is 4. The van der Waals surface area contributed by atoms with Crippen LogP contribution in [0, 0.1) is 0 Å². The molecule has 0 bridgehead atoms. The summed E-state index contributed by atoms with van der Waals surface area (Å²) in [5, 5.41) is 57.4. The van der Waals surface area contributed by atoms with Gasteiger partial charge in [0.05, 0.1) is 19.3 Å². The molecule has 0 saturated heterocycles. The van der Waals surface area contributed by atoms with Gasteiger partial charge in [0.2, 0.25) is 0 Å². The summed E-state index contributed by atoms with van der Waals surface area (Å²) in [6.07, 6.45) is -4.62. The Morgan fingerprint density at radius 2 is 1.15 bits per heavy atom. The van der Waals surface area contributed by atoms with Gasteiger partial charge in [-0.15, -0.1) is 0 Å². The molecule has 0 aliphatic rings. The van der Waals surface area contributed by atoms with Gasteiger partial charge in [0.15, 0.2) is 11.9 Å². The molecule has 0 amide bonds. The van der Waals surface area contributed by atoms with Crippen molar-refractivity contribution in [2.45, 2.75) is 31.2 Å². The van der Waals surface area contributed by atoms with E-state index in [1.165, 1.54) is 0 Å². The molecule has 0 fully saturated rings. The molecule has 0 aliphatic heterocycles. The summed E-state index contributed by atoms with van der Waals surface area (Å²) in [6, 6.07) is 0. The van der Waals surface area contributed by atoms with E-state index < -0.39 is 55.0 Å². The summed E-state index contributed by atoms with van der Waals surface area (Å²) in [6.45, 7) is 0. The molecule has 0 aromatic rings. The Hall–Kier alpha value is -2.24. The molecule has 0 aliphatic carbocycles. The van der Waals surface area contributed by atoms with Crippen LogP contribution in [0.5, 0.6) is 0 Å². The lowest BCUT2D eigenvalue weighted by Crippen LogP contribution is -2.42. The van der Waals surface area contributed by atoms with Crippen LogP contribution >= 0.6 is 0 Å². The summed E-state index contributed by atoms with van der Waals surface area (Å²) in [5.74, 6) is -6.23. The van der Waals surface area contributed by atoms with E-state index in [4.69, 9.17) is 35.7 Å². The van der Waals surface area contributed by atoms with Crippen molar-refractivity contribution in [1.29, 1.82) is 0 Å². The second kappa shape index (κ2) is 8.79. The molecule has 0 aromatic heterocycles. The SMILES string of the molecule is O=C(O)CC(O)(CC(=O)O)C(=O)O.O=C(O)CC(O)O. The van der Waals surface area contributed by atoms with Gasteiger partial charge in [0.25, 0.3) is 0 Å². The number of aliphatic carboxylic acids is 4. The van der Waals surface area contributed by atoms with Crippen LogP contribution in [0.4, 0.5) is 0 Å². The number of hydrogen-bond acceptors (Lipinski definition) is 7. The number of rotatable bonds is 7. The third kappa shape index (κ3) is 10.9. The molecule has 0 aromatic carbocycles. The van der Waals surface area contributed by atoms with Crippen molar-refractivity contribution >= 4 is 23.9 Å². The van der Waals surface area contributed by atoms with E-state index in [0.29, 0.717) is 0 Å². The molecule has 0 heterocycles. The van der Waals surface area contributed by atoms with Crippen LogP contribution in [0.15, 0.2) is 0 Å². The Kier molecular flexibility index (Phi) is 8.83. The monoisotopic (exact) mass is 298 g/mol. The zero-order valence-electron chi connectivity index (χ0n) is 9.96. The summed E-state index contributed by atoms with van der Waals surface area (Å²) in [7, 11) is 0. The molecule has 11 nitrogen and oxygen atoms in total. The molecule has 20 heavy (non-hydrogen) atoms. The van der Waals surface area contributed by atoms with Crippen molar-refractivity contribution in [2.24, 2.45) is 0 Å². The van der Waals surface area contributed by atoms with Crippen molar-refractivity contribution in [3.63, 3.8) is 0 Å². The average molecular weight is 298 g/mol. The molecule has 0 rings (SSSR count). The van der Waals surface area contributed by atoms with E-state index in [1.54, 1.807) is 0 Å². The molecule has 0 saturated carbocycles. The van der Waals surface area contributed by atoms with E-state index >= 15 is 0 Å². The van der Waals surface area contributed by atoms with Crippen LogP contribution in [0.3, 0.4) is 0 Å². The van der Waals surface area contributed by atoms with Crippen LogP contribution in [-0.2, 0) is 19.2 Å². The normalized spacial score (nSPS) is 10.4. The molecule has 0 spiro atoms. The first-order valence-electron chi connectivity index (χ1n) is 4.88. The van der Waals surface area contributed by atoms with Crippen molar-refractivity contribution in [1.82, 2.24) is 0 Å². The molecule has 7 N–H and O–H groups in total. The summed E-state index contributed by atoms with van der Waals surface area (Å²) in [4.78, 5) is 40.0. The minimum Gasteiger partial charge on any atom is -0.481 e. The van der Waals surface area contributed by atoms with E-state index in [1.807, 2.05) is 0 Å². The van der Waals surface area contributed by atoms with Gasteiger partial charge in [-0.2, -0.15) is 0 Å². The van der Waals surface area contributed by atoms with E-state index in [9.17, 15) is 19.2 Å². The average Bonchev–Trinajstić information content (AvgIpc) is 2.12. The number of aliphatic hydroxyl groups is 3. The Labute approximate surface area is 111 Å². The topological polar surface area (TPSA) is 210 Å². The quantitative estimate of drug-likeness (QED) is 0.244. The molecular formula is C9H14O11. The third-order valence-corrected chi connectivity index (χ3v) is 1.64. The van der Waals surface area contributed by atoms with Gasteiger partial charge in [0, 0.05) is 0 Å². The van der Waals surface area contributed by atoms with Crippen molar-refractivity contribution < 1.29 is 54.9 Å². The summed E-state index contributed by atoms with van der Waals surface area (Å²) >= 11 is 0. The number of carboxylic acids is 4. The molecule has 0 radical (unpaired) electrons. The van der Waals surface area contributed by atoms with E-state index in [2.05, 4.69) is 0 Å². The lowest BCUT2D eigenvalue weighted by Gasteiger charge is -2.18. The Bertz CT molecular complexity index is 356. The third-order valence-electron chi connectivity index (χ3n) is 1.64. The Morgan fingerprint density at radius 1 is 0.800 bits per heavy atom. The highest BCUT2D eigenvalue weighted by Crippen LogP contribution is 2.15.